The fourth-order valence-electron chi connectivity index (χ4n) is 2.27. The van der Waals surface area contributed by atoms with Crippen LogP contribution in [0.5, 0.6) is 5.75 Å². The molecule has 0 bridgehead atoms. The van der Waals surface area contributed by atoms with Crippen LogP contribution in [0, 0.1) is 0 Å². The van der Waals surface area contributed by atoms with Gasteiger partial charge in [-0.25, -0.2) is 9.59 Å². The molecule has 21 heavy (non-hydrogen) atoms. The van der Waals surface area contributed by atoms with E-state index in [1.54, 1.807) is 4.90 Å². The summed E-state index contributed by atoms with van der Waals surface area (Å²) >= 11 is 0. The summed E-state index contributed by atoms with van der Waals surface area (Å²) in [4.78, 5) is 25.1. The van der Waals surface area contributed by atoms with E-state index in [1.165, 1.54) is 12.1 Å². The number of carboxylic acid groups (broad SMARTS) is 1. The highest BCUT2D eigenvalue weighted by Crippen LogP contribution is 2.22. The van der Waals surface area contributed by atoms with E-state index < -0.39 is 5.97 Å². The predicted octanol–water partition coefficient (Wildman–Crippen LogP) is 1.73. The molecule has 1 atom stereocenters. The van der Waals surface area contributed by atoms with Crippen LogP contribution in [0.4, 0.5) is 10.5 Å². The maximum Gasteiger partial charge on any atom is 0.337 e. The summed E-state index contributed by atoms with van der Waals surface area (Å²) in [6.45, 7) is 3.37. The van der Waals surface area contributed by atoms with Crippen molar-refractivity contribution >= 4 is 17.7 Å². The van der Waals surface area contributed by atoms with Crippen LogP contribution in [0.15, 0.2) is 18.2 Å². The number of nitrogens with zero attached hydrogens (tertiary/aromatic N) is 1. The second-order valence-corrected chi connectivity index (χ2v) is 4.80. The summed E-state index contributed by atoms with van der Waals surface area (Å²) in [6.07, 6.45) is 0.759. The number of hydrogen-bond acceptors (Lipinski definition) is 4. The fraction of sp³-hybridized carbons (Fsp3) is 0.429. The number of ether oxygens (including phenoxy) is 1. The van der Waals surface area contributed by atoms with E-state index >= 15 is 0 Å². The minimum Gasteiger partial charge on any atom is -0.508 e. The van der Waals surface area contributed by atoms with Crippen LogP contribution in [0.2, 0.25) is 0 Å². The Morgan fingerprint density at radius 2 is 2.24 bits per heavy atom. The Hall–Kier alpha value is -2.28. The van der Waals surface area contributed by atoms with Crippen molar-refractivity contribution < 1.29 is 24.5 Å². The molecule has 7 nitrogen and oxygen atoms in total. The second-order valence-electron chi connectivity index (χ2n) is 4.80. The molecule has 0 radical (unpaired) electrons. The SMILES string of the molecule is CCC1COCCN1C(=O)Nc1ccc(O)cc1C(=O)O. The molecule has 1 aliphatic heterocycles. The zero-order valence-corrected chi connectivity index (χ0v) is 11.7. The number of phenols is 1. The van der Waals surface area contributed by atoms with E-state index in [4.69, 9.17) is 9.84 Å². The topological polar surface area (TPSA) is 99.1 Å². The summed E-state index contributed by atoms with van der Waals surface area (Å²) in [6, 6.07) is 3.42. The van der Waals surface area contributed by atoms with E-state index in [-0.39, 0.29) is 29.1 Å². The van der Waals surface area contributed by atoms with Gasteiger partial charge in [0.05, 0.1) is 30.5 Å². The molecule has 1 fully saturated rings. The number of aromatic hydroxyl groups is 1. The quantitative estimate of drug-likeness (QED) is 0.737. The number of morpholine rings is 1. The number of carbonyl (C=O) groups excluding carboxylic acids is 1. The van der Waals surface area contributed by atoms with Crippen LogP contribution in [0.1, 0.15) is 23.7 Å². The van der Waals surface area contributed by atoms with Gasteiger partial charge in [-0.3, -0.25) is 0 Å². The summed E-state index contributed by atoms with van der Waals surface area (Å²) in [5, 5.41) is 21.1. The van der Waals surface area contributed by atoms with Gasteiger partial charge in [-0.15, -0.1) is 0 Å². The fourth-order valence-corrected chi connectivity index (χ4v) is 2.27. The summed E-state index contributed by atoms with van der Waals surface area (Å²) in [7, 11) is 0. The van der Waals surface area contributed by atoms with Crippen LogP contribution in [-0.2, 0) is 4.74 Å². The summed E-state index contributed by atoms with van der Waals surface area (Å²) < 4.78 is 5.33. The van der Waals surface area contributed by atoms with Gasteiger partial charge < -0.3 is 25.2 Å². The number of amides is 2. The lowest BCUT2D eigenvalue weighted by molar-refractivity contribution is 0.0144. The highest BCUT2D eigenvalue weighted by Gasteiger charge is 2.26. The maximum atomic E-state index is 12.3. The Morgan fingerprint density at radius 1 is 1.48 bits per heavy atom. The zero-order chi connectivity index (χ0) is 15.4. The van der Waals surface area contributed by atoms with Gasteiger partial charge in [-0.2, -0.15) is 0 Å². The van der Waals surface area contributed by atoms with Gasteiger partial charge in [0.1, 0.15) is 5.75 Å². The average molecular weight is 294 g/mol. The highest BCUT2D eigenvalue weighted by atomic mass is 16.5. The van der Waals surface area contributed by atoms with Gasteiger partial charge in [0, 0.05) is 6.54 Å². The number of carbonyl (C=O) groups is 2. The lowest BCUT2D eigenvalue weighted by Gasteiger charge is -2.35. The number of urea groups is 1. The molecule has 1 saturated heterocycles. The van der Waals surface area contributed by atoms with E-state index in [0.29, 0.717) is 19.8 Å². The summed E-state index contributed by atoms with van der Waals surface area (Å²) in [5.41, 5.74) is 0.0105. The second kappa shape index (κ2) is 6.45. The van der Waals surface area contributed by atoms with Crippen molar-refractivity contribution in [2.24, 2.45) is 0 Å². The molecule has 1 aromatic carbocycles. The van der Waals surface area contributed by atoms with Crippen LogP contribution in [-0.4, -0.2) is 52.9 Å². The van der Waals surface area contributed by atoms with Crippen LogP contribution in [0.25, 0.3) is 0 Å². The smallest absolute Gasteiger partial charge is 0.337 e. The summed E-state index contributed by atoms with van der Waals surface area (Å²) in [5.74, 6) is -1.38. The maximum absolute atomic E-state index is 12.3. The molecule has 1 aromatic rings. The Kier molecular flexibility index (Phi) is 4.64. The van der Waals surface area contributed by atoms with Gasteiger partial charge in [0.2, 0.25) is 0 Å². The molecule has 114 valence electrons. The minimum atomic E-state index is -1.21. The molecule has 1 unspecified atom stereocenters. The van der Waals surface area contributed by atoms with Crippen molar-refractivity contribution in [1.82, 2.24) is 4.90 Å². The number of hydrogen-bond donors (Lipinski definition) is 3. The van der Waals surface area contributed by atoms with E-state index in [0.717, 1.165) is 12.5 Å². The first kappa shape index (κ1) is 15.1. The zero-order valence-electron chi connectivity index (χ0n) is 11.7. The number of phenolic OH excluding ortho intramolecular Hbond substituents is 1. The van der Waals surface area contributed by atoms with Crippen LogP contribution in [0.3, 0.4) is 0 Å². The highest BCUT2D eigenvalue weighted by molar-refractivity contribution is 6.00. The van der Waals surface area contributed by atoms with Crippen molar-refractivity contribution in [1.29, 1.82) is 0 Å². The molecule has 0 spiro atoms. The standard InChI is InChI=1S/C14H18N2O5/c1-2-9-8-21-6-5-16(9)14(20)15-12-4-3-10(17)7-11(12)13(18)19/h3-4,7,9,17H,2,5-6,8H2,1H3,(H,15,20)(H,18,19). The molecule has 3 N–H and O–H groups in total. The molecule has 0 saturated carbocycles. The lowest BCUT2D eigenvalue weighted by atomic mass is 10.1. The van der Waals surface area contributed by atoms with Crippen molar-refractivity contribution in [3.8, 4) is 5.75 Å². The Labute approximate surface area is 122 Å². The molecule has 2 amide bonds. The van der Waals surface area contributed by atoms with Gasteiger partial charge in [0.15, 0.2) is 0 Å². The largest absolute Gasteiger partial charge is 0.508 e. The number of benzene rings is 1. The molecular formula is C14H18N2O5. The minimum absolute atomic E-state index is 0.0239. The first-order chi connectivity index (χ1) is 10.0. The Balaban J connectivity index is 2.17. The predicted molar refractivity (Wildman–Crippen MR) is 75.7 cm³/mol. The number of nitrogens with one attached hydrogen (secondary N) is 1. The van der Waals surface area contributed by atoms with Gasteiger partial charge in [0.25, 0.3) is 0 Å². The van der Waals surface area contributed by atoms with E-state index in [2.05, 4.69) is 5.32 Å². The molecular weight excluding hydrogens is 276 g/mol. The number of anilines is 1. The number of rotatable bonds is 3. The average Bonchev–Trinajstić information content (AvgIpc) is 2.48. The third-order valence-corrected chi connectivity index (χ3v) is 3.43. The van der Waals surface area contributed by atoms with Gasteiger partial charge in [-0.05, 0) is 24.6 Å². The van der Waals surface area contributed by atoms with Crippen molar-refractivity contribution in [2.45, 2.75) is 19.4 Å². The molecule has 0 aromatic heterocycles. The molecule has 2 rings (SSSR count). The van der Waals surface area contributed by atoms with E-state index in [9.17, 15) is 14.7 Å². The third kappa shape index (κ3) is 3.43. The first-order valence-corrected chi connectivity index (χ1v) is 6.74. The Bertz CT molecular complexity index is 546. The van der Waals surface area contributed by atoms with Crippen LogP contribution >= 0.6 is 0 Å². The molecule has 7 heteroatoms. The number of aromatic carboxylic acids is 1. The van der Waals surface area contributed by atoms with Crippen LogP contribution < -0.4 is 5.32 Å². The normalized spacial score (nSPS) is 18.3. The van der Waals surface area contributed by atoms with Crippen molar-refractivity contribution in [3.63, 3.8) is 0 Å². The van der Waals surface area contributed by atoms with Crippen molar-refractivity contribution in [3.05, 3.63) is 23.8 Å². The molecule has 0 aliphatic carbocycles. The lowest BCUT2D eigenvalue weighted by Crippen LogP contribution is -2.50. The monoisotopic (exact) mass is 294 g/mol. The van der Waals surface area contributed by atoms with E-state index in [1.807, 2.05) is 6.92 Å². The van der Waals surface area contributed by atoms with Gasteiger partial charge >= 0.3 is 12.0 Å². The van der Waals surface area contributed by atoms with Gasteiger partial charge in [-0.1, -0.05) is 6.92 Å². The molecule has 1 heterocycles. The first-order valence-electron chi connectivity index (χ1n) is 6.74. The van der Waals surface area contributed by atoms with Crippen molar-refractivity contribution in [2.75, 3.05) is 25.1 Å². The number of carboxylic acids is 1. The Morgan fingerprint density at radius 3 is 2.90 bits per heavy atom. The molecule has 1 aliphatic rings. The third-order valence-electron chi connectivity index (χ3n) is 3.43.